The van der Waals surface area contributed by atoms with E-state index in [2.05, 4.69) is 11.2 Å². The fraction of sp³-hybridized carbons (Fsp3) is 0.429. The Kier molecular flexibility index (Phi) is 3.96. The molecule has 4 heteroatoms. The van der Waals surface area contributed by atoms with Gasteiger partial charge in [-0.2, -0.15) is 0 Å². The Morgan fingerprint density at radius 2 is 2.22 bits per heavy atom. The molecule has 0 saturated heterocycles. The number of hydrogen-bond donors (Lipinski definition) is 1. The van der Waals surface area contributed by atoms with E-state index in [1.54, 1.807) is 7.11 Å². The average Bonchev–Trinajstić information content (AvgIpc) is 2.43. The molecule has 4 nitrogen and oxygen atoms in total. The molecule has 1 aromatic rings. The van der Waals surface area contributed by atoms with E-state index >= 15 is 0 Å². The van der Waals surface area contributed by atoms with E-state index in [1.165, 1.54) is 0 Å². The predicted molar refractivity (Wildman–Crippen MR) is 69.1 cm³/mol. The Labute approximate surface area is 107 Å². The van der Waals surface area contributed by atoms with E-state index in [-0.39, 0.29) is 6.04 Å². The van der Waals surface area contributed by atoms with Gasteiger partial charge < -0.3 is 14.2 Å². The number of hydrogen-bond acceptors (Lipinski definition) is 4. The van der Waals surface area contributed by atoms with E-state index in [4.69, 9.17) is 20.6 Å². The summed E-state index contributed by atoms with van der Waals surface area (Å²) in [5.41, 5.74) is 1.05. The quantitative estimate of drug-likeness (QED) is 0.820. The van der Waals surface area contributed by atoms with Crippen LogP contribution in [0.15, 0.2) is 12.1 Å². The zero-order valence-corrected chi connectivity index (χ0v) is 10.7. The van der Waals surface area contributed by atoms with Crippen molar-refractivity contribution in [3.05, 3.63) is 17.7 Å². The third-order valence-corrected chi connectivity index (χ3v) is 2.75. The molecule has 2 rings (SSSR count). The molecular formula is C14H17NO3. The van der Waals surface area contributed by atoms with Gasteiger partial charge in [0, 0.05) is 6.54 Å². The van der Waals surface area contributed by atoms with Gasteiger partial charge in [-0.3, -0.25) is 5.32 Å². The lowest BCUT2D eigenvalue weighted by Crippen LogP contribution is -2.24. The lowest BCUT2D eigenvalue weighted by Gasteiger charge is -2.21. The maximum atomic E-state index is 5.57. The molecule has 0 aliphatic carbocycles. The predicted octanol–water partition coefficient (Wildman–Crippen LogP) is 1.58. The van der Waals surface area contributed by atoms with Gasteiger partial charge in [-0.1, -0.05) is 5.92 Å². The number of methoxy groups -OCH3 is 1. The van der Waals surface area contributed by atoms with Gasteiger partial charge in [0.2, 0.25) is 5.75 Å². The summed E-state index contributed by atoms with van der Waals surface area (Å²) in [4.78, 5) is 0. The summed E-state index contributed by atoms with van der Waals surface area (Å²) in [6.45, 7) is 3.72. The molecule has 96 valence electrons. The minimum Gasteiger partial charge on any atom is -0.493 e. The van der Waals surface area contributed by atoms with Crippen LogP contribution < -0.4 is 19.5 Å². The van der Waals surface area contributed by atoms with E-state index < -0.39 is 0 Å². The highest BCUT2D eigenvalue weighted by Gasteiger charge is 2.18. The Hall–Kier alpha value is -1.86. The Morgan fingerprint density at radius 3 is 2.94 bits per heavy atom. The average molecular weight is 247 g/mol. The lowest BCUT2D eigenvalue weighted by atomic mass is 10.1. The Balaban J connectivity index is 2.19. The van der Waals surface area contributed by atoms with Gasteiger partial charge in [-0.25, -0.2) is 0 Å². The number of fused-ring (bicyclic) bond motifs is 1. The minimum absolute atomic E-state index is 0.0317. The third kappa shape index (κ3) is 2.69. The van der Waals surface area contributed by atoms with Crippen LogP contribution in [-0.4, -0.2) is 26.4 Å². The summed E-state index contributed by atoms with van der Waals surface area (Å²) in [5, 5.41) is 3.22. The van der Waals surface area contributed by atoms with Crippen LogP contribution in [-0.2, 0) is 6.54 Å². The first kappa shape index (κ1) is 12.6. The van der Waals surface area contributed by atoms with E-state index in [1.807, 2.05) is 19.1 Å². The van der Waals surface area contributed by atoms with Crippen LogP contribution >= 0.6 is 0 Å². The molecule has 0 bridgehead atoms. The summed E-state index contributed by atoms with van der Waals surface area (Å²) >= 11 is 0. The second-order valence-corrected chi connectivity index (χ2v) is 4.09. The smallest absolute Gasteiger partial charge is 0.203 e. The number of ether oxygens (including phenoxy) is 3. The second kappa shape index (κ2) is 5.65. The zero-order valence-electron chi connectivity index (χ0n) is 10.7. The maximum absolute atomic E-state index is 5.57. The summed E-state index contributed by atoms with van der Waals surface area (Å²) in [5.74, 6) is 4.73. The van der Waals surface area contributed by atoms with Crippen molar-refractivity contribution < 1.29 is 14.2 Å². The molecule has 0 spiro atoms. The minimum atomic E-state index is 0.0317. The number of benzene rings is 1. The molecule has 1 aliphatic rings. The first-order valence-electron chi connectivity index (χ1n) is 5.90. The van der Waals surface area contributed by atoms with Crippen molar-refractivity contribution in [1.29, 1.82) is 0 Å². The van der Waals surface area contributed by atoms with Gasteiger partial charge in [0.1, 0.15) is 13.2 Å². The molecule has 18 heavy (non-hydrogen) atoms. The van der Waals surface area contributed by atoms with Crippen molar-refractivity contribution in [2.45, 2.75) is 19.5 Å². The highest BCUT2D eigenvalue weighted by atomic mass is 16.6. The second-order valence-electron chi connectivity index (χ2n) is 4.09. The van der Waals surface area contributed by atoms with Crippen LogP contribution in [0.4, 0.5) is 0 Å². The molecule has 1 aromatic carbocycles. The SMILES string of the molecule is C#CC(C)NCc1cc(OC)c2c(c1)OCCO2. The summed E-state index contributed by atoms with van der Waals surface area (Å²) in [7, 11) is 1.62. The van der Waals surface area contributed by atoms with Crippen molar-refractivity contribution in [3.8, 4) is 29.6 Å². The standard InChI is InChI=1S/C14H17NO3/c1-4-10(2)15-9-11-7-12(16-3)14-13(8-11)17-5-6-18-14/h1,7-8,10,15H,5-6,9H2,2-3H3. The summed E-state index contributed by atoms with van der Waals surface area (Å²) in [6.07, 6.45) is 5.32. The third-order valence-electron chi connectivity index (χ3n) is 2.75. The van der Waals surface area contributed by atoms with Gasteiger partial charge in [-0.05, 0) is 24.6 Å². The van der Waals surface area contributed by atoms with E-state index in [0.717, 1.165) is 11.3 Å². The fourth-order valence-electron chi connectivity index (χ4n) is 1.76. The molecular weight excluding hydrogens is 230 g/mol. The highest BCUT2D eigenvalue weighted by Crippen LogP contribution is 2.40. The lowest BCUT2D eigenvalue weighted by molar-refractivity contribution is 0.165. The molecule has 1 N–H and O–H groups in total. The molecule has 0 saturated carbocycles. The molecule has 1 aliphatic heterocycles. The van der Waals surface area contributed by atoms with E-state index in [0.29, 0.717) is 31.3 Å². The van der Waals surface area contributed by atoms with Gasteiger partial charge in [0.15, 0.2) is 11.5 Å². The van der Waals surface area contributed by atoms with Gasteiger partial charge in [0.25, 0.3) is 0 Å². The fourth-order valence-corrected chi connectivity index (χ4v) is 1.76. The monoisotopic (exact) mass is 247 g/mol. The van der Waals surface area contributed by atoms with Crippen LogP contribution in [0.3, 0.4) is 0 Å². The van der Waals surface area contributed by atoms with Crippen LogP contribution in [0.5, 0.6) is 17.2 Å². The van der Waals surface area contributed by atoms with Gasteiger partial charge in [-0.15, -0.1) is 6.42 Å². The van der Waals surface area contributed by atoms with Crippen molar-refractivity contribution in [1.82, 2.24) is 5.32 Å². The topological polar surface area (TPSA) is 39.7 Å². The maximum Gasteiger partial charge on any atom is 0.203 e. The summed E-state index contributed by atoms with van der Waals surface area (Å²) < 4.78 is 16.4. The largest absolute Gasteiger partial charge is 0.493 e. The Bertz CT molecular complexity index is 448. The van der Waals surface area contributed by atoms with Gasteiger partial charge >= 0.3 is 0 Å². The first-order chi connectivity index (χ1) is 8.74. The van der Waals surface area contributed by atoms with Crippen molar-refractivity contribution >= 4 is 0 Å². The molecule has 0 aromatic heterocycles. The number of nitrogens with one attached hydrogen (secondary N) is 1. The molecule has 0 radical (unpaired) electrons. The van der Waals surface area contributed by atoms with Crippen molar-refractivity contribution in [3.63, 3.8) is 0 Å². The van der Waals surface area contributed by atoms with Crippen LogP contribution in [0, 0.1) is 12.3 Å². The molecule has 1 unspecified atom stereocenters. The van der Waals surface area contributed by atoms with E-state index in [9.17, 15) is 0 Å². The molecule has 0 amide bonds. The van der Waals surface area contributed by atoms with Crippen LogP contribution in [0.2, 0.25) is 0 Å². The van der Waals surface area contributed by atoms with Crippen LogP contribution in [0.1, 0.15) is 12.5 Å². The van der Waals surface area contributed by atoms with Crippen molar-refractivity contribution in [2.75, 3.05) is 20.3 Å². The zero-order chi connectivity index (χ0) is 13.0. The highest BCUT2D eigenvalue weighted by molar-refractivity contribution is 5.54. The molecule has 1 heterocycles. The molecule has 0 fully saturated rings. The normalized spacial score (nSPS) is 14.7. The number of rotatable bonds is 4. The van der Waals surface area contributed by atoms with Crippen molar-refractivity contribution in [2.24, 2.45) is 0 Å². The van der Waals surface area contributed by atoms with Crippen LogP contribution in [0.25, 0.3) is 0 Å². The first-order valence-corrected chi connectivity index (χ1v) is 5.90. The summed E-state index contributed by atoms with van der Waals surface area (Å²) in [6, 6.07) is 3.92. The van der Waals surface area contributed by atoms with Gasteiger partial charge in [0.05, 0.1) is 13.2 Å². The Morgan fingerprint density at radius 1 is 1.44 bits per heavy atom. The number of terminal acetylenes is 1. The molecule has 1 atom stereocenters.